The van der Waals surface area contributed by atoms with Gasteiger partial charge in [-0.2, -0.15) is 0 Å². The molecule has 2 rings (SSSR count). The van der Waals surface area contributed by atoms with Crippen LogP contribution < -0.4 is 0 Å². The Morgan fingerprint density at radius 2 is 2.29 bits per heavy atom. The Morgan fingerprint density at radius 1 is 1.43 bits per heavy atom. The first-order chi connectivity index (χ1) is 10.2. The number of carbonyl (C=O) groups excluding carboxylic acids is 1. The summed E-state index contributed by atoms with van der Waals surface area (Å²) >= 11 is 0. The second-order valence-electron chi connectivity index (χ2n) is 5.71. The van der Waals surface area contributed by atoms with Crippen LogP contribution in [0.5, 0.6) is 0 Å². The molecular weight excluding hydrogens is 262 g/mol. The van der Waals surface area contributed by atoms with Crippen LogP contribution in [0, 0.1) is 5.92 Å². The fourth-order valence-electron chi connectivity index (χ4n) is 2.73. The minimum absolute atomic E-state index is 0.145. The molecule has 0 aliphatic heterocycles. The van der Waals surface area contributed by atoms with Crippen LogP contribution in [-0.2, 0) is 9.53 Å². The van der Waals surface area contributed by atoms with Crippen molar-refractivity contribution >= 4 is 5.97 Å². The van der Waals surface area contributed by atoms with Crippen LogP contribution in [0.4, 0.5) is 0 Å². The van der Waals surface area contributed by atoms with Crippen molar-refractivity contribution in [3.8, 4) is 0 Å². The van der Waals surface area contributed by atoms with Gasteiger partial charge >= 0.3 is 5.97 Å². The lowest BCUT2D eigenvalue weighted by molar-refractivity contribution is -0.144. The summed E-state index contributed by atoms with van der Waals surface area (Å²) in [5.74, 6) is 0.497. The minimum Gasteiger partial charge on any atom is -0.465 e. The summed E-state index contributed by atoms with van der Waals surface area (Å²) < 4.78 is 4.95. The molecule has 0 fully saturated rings. The molecule has 3 heteroatoms. The number of carbonyl (C=O) groups is 1. The van der Waals surface area contributed by atoms with E-state index in [9.17, 15) is 4.79 Å². The van der Waals surface area contributed by atoms with Crippen molar-refractivity contribution in [3.63, 3.8) is 0 Å². The van der Waals surface area contributed by atoms with Gasteiger partial charge in [-0.3, -0.25) is 9.69 Å². The predicted octanol–water partition coefficient (Wildman–Crippen LogP) is 3.26. The summed E-state index contributed by atoms with van der Waals surface area (Å²) in [4.78, 5) is 13.4. The van der Waals surface area contributed by atoms with Crippen molar-refractivity contribution in [2.75, 3.05) is 26.7 Å². The van der Waals surface area contributed by atoms with Crippen LogP contribution in [0.25, 0.3) is 0 Å². The molecule has 21 heavy (non-hydrogen) atoms. The number of allylic oxidation sites excluding steroid dienone is 7. The molecule has 0 aromatic carbocycles. The average Bonchev–Trinajstić information content (AvgIpc) is 2.57. The predicted molar refractivity (Wildman–Crippen MR) is 85.9 cm³/mol. The van der Waals surface area contributed by atoms with Crippen LogP contribution in [0.15, 0.2) is 47.6 Å². The number of esters is 1. The molecule has 0 amide bonds. The molecule has 1 unspecified atom stereocenters. The van der Waals surface area contributed by atoms with Crippen LogP contribution in [0.3, 0.4) is 0 Å². The van der Waals surface area contributed by atoms with Gasteiger partial charge in [0.2, 0.25) is 0 Å². The first-order valence-electron chi connectivity index (χ1n) is 7.77. The minimum atomic E-state index is -0.145. The summed E-state index contributed by atoms with van der Waals surface area (Å²) in [5.41, 5.74) is 2.73. The molecular formula is C18H25NO2. The van der Waals surface area contributed by atoms with Crippen LogP contribution in [0.1, 0.15) is 26.2 Å². The van der Waals surface area contributed by atoms with E-state index in [1.165, 1.54) is 11.1 Å². The highest BCUT2D eigenvalue weighted by Crippen LogP contribution is 2.28. The SMILES string of the molecule is CCOC(=O)CN(C)CCC=C1C=CC2=CC(CC=C2)C1. The third-order valence-electron chi connectivity index (χ3n) is 3.79. The zero-order chi connectivity index (χ0) is 15.1. The third kappa shape index (κ3) is 5.35. The van der Waals surface area contributed by atoms with Gasteiger partial charge in [-0.1, -0.05) is 42.0 Å². The normalized spacial score (nSPS) is 22.3. The average molecular weight is 287 g/mol. The number of likely N-dealkylation sites (N-methyl/N-ethyl adjacent to an activating group) is 1. The van der Waals surface area contributed by atoms with E-state index in [0.29, 0.717) is 19.1 Å². The highest BCUT2D eigenvalue weighted by molar-refractivity contribution is 5.71. The summed E-state index contributed by atoms with van der Waals surface area (Å²) in [6, 6.07) is 0. The molecule has 0 saturated carbocycles. The van der Waals surface area contributed by atoms with Crippen LogP contribution >= 0.6 is 0 Å². The Bertz CT molecular complexity index is 485. The highest BCUT2D eigenvalue weighted by atomic mass is 16.5. The Morgan fingerprint density at radius 3 is 3.10 bits per heavy atom. The van der Waals surface area contributed by atoms with Gasteiger partial charge in [0.1, 0.15) is 0 Å². The lowest BCUT2D eigenvalue weighted by Crippen LogP contribution is -2.28. The molecule has 2 aliphatic rings. The van der Waals surface area contributed by atoms with E-state index in [4.69, 9.17) is 4.74 Å². The lowest BCUT2D eigenvalue weighted by atomic mass is 9.93. The Labute approximate surface area is 127 Å². The van der Waals surface area contributed by atoms with Gasteiger partial charge in [0, 0.05) is 6.54 Å². The van der Waals surface area contributed by atoms with Crippen molar-refractivity contribution in [1.82, 2.24) is 4.90 Å². The summed E-state index contributed by atoms with van der Waals surface area (Å²) in [6.07, 6.45) is 16.8. The molecule has 0 aromatic heterocycles. The van der Waals surface area contributed by atoms with Gasteiger partial charge in [-0.15, -0.1) is 0 Å². The Hall–Kier alpha value is -1.61. The number of hydrogen-bond donors (Lipinski definition) is 0. The van der Waals surface area contributed by atoms with E-state index in [1.54, 1.807) is 0 Å². The van der Waals surface area contributed by atoms with E-state index >= 15 is 0 Å². The van der Waals surface area contributed by atoms with E-state index < -0.39 is 0 Å². The topological polar surface area (TPSA) is 29.5 Å². The maximum absolute atomic E-state index is 11.4. The second kappa shape index (κ2) is 7.99. The Kier molecular flexibility index (Phi) is 6.00. The molecule has 1 atom stereocenters. The highest BCUT2D eigenvalue weighted by Gasteiger charge is 2.13. The quantitative estimate of drug-likeness (QED) is 0.702. The molecule has 0 N–H and O–H groups in total. The first kappa shape index (κ1) is 15.8. The van der Waals surface area contributed by atoms with E-state index in [0.717, 1.165) is 25.8 Å². The number of rotatable bonds is 6. The molecule has 114 valence electrons. The number of ether oxygens (including phenoxy) is 1. The number of nitrogens with zero attached hydrogens (tertiary/aromatic N) is 1. The standard InChI is InChI=1S/C18H25NO2/c1-3-21-18(20)14-19(2)11-5-8-16-10-9-15-6-4-7-17(12-15)13-16/h4,6,8-10,12,17H,3,5,7,11,13-14H2,1-2H3. The zero-order valence-corrected chi connectivity index (χ0v) is 13.0. The van der Waals surface area contributed by atoms with Crippen molar-refractivity contribution < 1.29 is 9.53 Å². The molecule has 0 spiro atoms. The molecule has 2 aliphatic carbocycles. The van der Waals surface area contributed by atoms with Crippen molar-refractivity contribution in [2.24, 2.45) is 5.92 Å². The van der Waals surface area contributed by atoms with Gasteiger partial charge in [0.15, 0.2) is 0 Å². The molecule has 0 heterocycles. The summed E-state index contributed by atoms with van der Waals surface area (Å²) in [6.45, 7) is 3.53. The summed E-state index contributed by atoms with van der Waals surface area (Å²) in [7, 11) is 1.96. The molecule has 0 radical (unpaired) electrons. The molecule has 0 aromatic rings. The largest absolute Gasteiger partial charge is 0.465 e. The van der Waals surface area contributed by atoms with Gasteiger partial charge in [-0.25, -0.2) is 0 Å². The smallest absolute Gasteiger partial charge is 0.320 e. The fraction of sp³-hybridized carbons (Fsp3) is 0.500. The van der Waals surface area contributed by atoms with Gasteiger partial charge < -0.3 is 4.74 Å². The van der Waals surface area contributed by atoms with Crippen molar-refractivity contribution in [3.05, 3.63) is 47.6 Å². The third-order valence-corrected chi connectivity index (χ3v) is 3.79. The van der Waals surface area contributed by atoms with E-state index in [-0.39, 0.29) is 5.97 Å². The first-order valence-corrected chi connectivity index (χ1v) is 7.77. The van der Waals surface area contributed by atoms with Crippen molar-refractivity contribution in [1.29, 1.82) is 0 Å². The molecule has 2 bridgehead atoms. The fourth-order valence-corrected chi connectivity index (χ4v) is 2.73. The number of fused-ring (bicyclic) bond motifs is 1. The van der Waals surface area contributed by atoms with Crippen LogP contribution in [-0.4, -0.2) is 37.6 Å². The molecule has 3 nitrogen and oxygen atoms in total. The van der Waals surface area contributed by atoms with Gasteiger partial charge in [0.25, 0.3) is 0 Å². The number of hydrogen-bond acceptors (Lipinski definition) is 3. The maximum Gasteiger partial charge on any atom is 0.320 e. The molecule has 0 saturated heterocycles. The van der Waals surface area contributed by atoms with Crippen LogP contribution in [0.2, 0.25) is 0 Å². The van der Waals surface area contributed by atoms with E-state index in [1.807, 2.05) is 18.9 Å². The van der Waals surface area contributed by atoms with Gasteiger partial charge in [-0.05, 0) is 44.7 Å². The van der Waals surface area contributed by atoms with E-state index in [2.05, 4.69) is 36.5 Å². The zero-order valence-electron chi connectivity index (χ0n) is 13.0. The monoisotopic (exact) mass is 287 g/mol. The van der Waals surface area contributed by atoms with Crippen molar-refractivity contribution in [2.45, 2.75) is 26.2 Å². The second-order valence-corrected chi connectivity index (χ2v) is 5.71. The lowest BCUT2D eigenvalue weighted by Gasteiger charge is -2.15. The summed E-state index contributed by atoms with van der Waals surface area (Å²) in [5, 5.41) is 0. The maximum atomic E-state index is 11.4. The Balaban J connectivity index is 1.77. The van der Waals surface area contributed by atoms with Gasteiger partial charge in [0.05, 0.1) is 13.2 Å².